The molecule has 26 heavy (non-hydrogen) atoms. The summed E-state index contributed by atoms with van der Waals surface area (Å²) in [7, 11) is 1.66. The van der Waals surface area contributed by atoms with E-state index in [4.69, 9.17) is 10.5 Å². The molecule has 4 nitrogen and oxygen atoms in total. The predicted molar refractivity (Wildman–Crippen MR) is 108 cm³/mol. The lowest BCUT2D eigenvalue weighted by molar-refractivity contribution is 0.1000. The van der Waals surface area contributed by atoms with Crippen LogP contribution in [0.2, 0.25) is 0 Å². The van der Waals surface area contributed by atoms with E-state index in [2.05, 4.69) is 18.4 Å². The summed E-state index contributed by atoms with van der Waals surface area (Å²) in [5.74, 6) is 0.462. The van der Waals surface area contributed by atoms with E-state index < -0.39 is 0 Å². The minimum atomic E-state index is -0.347. The van der Waals surface area contributed by atoms with Crippen molar-refractivity contribution in [1.82, 2.24) is 4.57 Å². The highest BCUT2D eigenvalue weighted by Crippen LogP contribution is 2.35. The minimum absolute atomic E-state index is 0.347. The first-order valence-electron chi connectivity index (χ1n) is 9.71. The van der Waals surface area contributed by atoms with E-state index in [0.717, 1.165) is 54.8 Å². The van der Waals surface area contributed by atoms with E-state index in [1.165, 1.54) is 18.5 Å². The van der Waals surface area contributed by atoms with E-state index >= 15 is 0 Å². The summed E-state index contributed by atoms with van der Waals surface area (Å²) < 4.78 is 7.60. The number of nitrogens with zero attached hydrogens (tertiary/aromatic N) is 1. The molecule has 0 fully saturated rings. The molecule has 1 aromatic heterocycles. The summed E-state index contributed by atoms with van der Waals surface area (Å²) in [5, 5.41) is 0. The fraction of sp³-hybridized carbons (Fsp3) is 0.500. The lowest BCUT2D eigenvalue weighted by Gasteiger charge is -2.13. The smallest absolute Gasteiger partial charge is 0.251 e. The van der Waals surface area contributed by atoms with Crippen LogP contribution in [0.25, 0.3) is 11.1 Å². The molecule has 0 saturated carbocycles. The van der Waals surface area contributed by atoms with Crippen LogP contribution in [-0.4, -0.2) is 17.6 Å². The summed E-state index contributed by atoms with van der Waals surface area (Å²) in [4.78, 5) is 12.3. The number of benzene rings is 1. The maximum atomic E-state index is 12.3. The van der Waals surface area contributed by atoms with Gasteiger partial charge >= 0.3 is 0 Å². The van der Waals surface area contributed by atoms with E-state index in [1.54, 1.807) is 7.11 Å². The van der Waals surface area contributed by atoms with E-state index in [-0.39, 0.29) is 5.91 Å². The lowest BCUT2D eigenvalue weighted by atomic mass is 9.97. The highest BCUT2D eigenvalue weighted by Gasteiger charge is 2.24. The Morgan fingerprint density at radius 3 is 2.27 bits per heavy atom. The van der Waals surface area contributed by atoms with Crippen LogP contribution in [0.5, 0.6) is 5.75 Å². The Morgan fingerprint density at radius 2 is 1.73 bits per heavy atom. The zero-order valence-corrected chi connectivity index (χ0v) is 16.6. The normalized spacial score (nSPS) is 10.9. The highest BCUT2D eigenvalue weighted by molar-refractivity contribution is 6.02. The van der Waals surface area contributed by atoms with Crippen LogP contribution < -0.4 is 10.5 Å². The van der Waals surface area contributed by atoms with Crippen molar-refractivity contribution in [2.75, 3.05) is 7.11 Å². The highest BCUT2D eigenvalue weighted by atomic mass is 16.5. The number of primary amides is 1. The molecule has 0 bridgehead atoms. The minimum Gasteiger partial charge on any atom is -0.497 e. The average Bonchev–Trinajstić information content (AvgIpc) is 2.92. The van der Waals surface area contributed by atoms with Crippen LogP contribution in [0, 0.1) is 6.92 Å². The van der Waals surface area contributed by atoms with Crippen molar-refractivity contribution >= 4 is 5.91 Å². The van der Waals surface area contributed by atoms with E-state index in [0.29, 0.717) is 5.56 Å². The second kappa shape index (κ2) is 9.46. The van der Waals surface area contributed by atoms with Crippen molar-refractivity contribution in [2.24, 2.45) is 5.73 Å². The Balaban J connectivity index is 2.61. The van der Waals surface area contributed by atoms with Gasteiger partial charge in [0.2, 0.25) is 0 Å². The van der Waals surface area contributed by atoms with Crippen LogP contribution in [0.4, 0.5) is 0 Å². The third-order valence-electron chi connectivity index (χ3n) is 5.01. The van der Waals surface area contributed by atoms with Crippen molar-refractivity contribution in [3.05, 3.63) is 41.2 Å². The first kappa shape index (κ1) is 20.1. The maximum absolute atomic E-state index is 12.3. The second-order valence-corrected chi connectivity index (χ2v) is 6.84. The van der Waals surface area contributed by atoms with Crippen LogP contribution in [0.15, 0.2) is 24.3 Å². The molecule has 1 heterocycles. The number of ether oxygens (including phenoxy) is 1. The predicted octanol–water partition coefficient (Wildman–Crippen LogP) is 5.10. The van der Waals surface area contributed by atoms with Gasteiger partial charge in [-0.2, -0.15) is 0 Å². The Bertz CT molecular complexity index is 730. The van der Waals surface area contributed by atoms with Crippen LogP contribution in [0.1, 0.15) is 67.7 Å². The number of carbonyl (C=O) groups excluding carboxylic acids is 1. The Hall–Kier alpha value is -2.23. The number of methoxy groups -OCH3 is 1. The molecule has 0 spiro atoms. The number of amides is 1. The van der Waals surface area contributed by atoms with Gasteiger partial charge in [0.15, 0.2) is 0 Å². The molecular formula is C22H32N2O2. The van der Waals surface area contributed by atoms with Crippen molar-refractivity contribution in [1.29, 1.82) is 0 Å². The van der Waals surface area contributed by atoms with Gasteiger partial charge in [0.1, 0.15) is 5.75 Å². The van der Waals surface area contributed by atoms with Gasteiger partial charge in [-0.05, 0) is 43.9 Å². The monoisotopic (exact) mass is 356 g/mol. The molecular weight excluding hydrogens is 324 g/mol. The number of unbranched alkanes of at least 4 members (excludes halogenated alkanes) is 3. The number of hydrogen-bond donors (Lipinski definition) is 1. The Morgan fingerprint density at radius 1 is 1.08 bits per heavy atom. The number of nitrogens with two attached hydrogens (primary N) is 1. The molecule has 2 aromatic rings. The molecule has 0 aliphatic heterocycles. The SMILES string of the molecule is CCCCCc1c(-c2ccc(OC)cc2)c(C(N)=O)c(C)n1CCCC. The average molecular weight is 357 g/mol. The molecule has 0 saturated heterocycles. The third-order valence-corrected chi connectivity index (χ3v) is 5.01. The van der Waals surface area contributed by atoms with Gasteiger partial charge in [0.25, 0.3) is 5.91 Å². The van der Waals surface area contributed by atoms with Crippen molar-refractivity contribution in [3.63, 3.8) is 0 Å². The standard InChI is InChI=1S/C22H32N2O2/c1-5-7-9-10-19-21(17-11-13-18(26-4)14-12-17)20(22(23)25)16(3)24(19)15-8-6-2/h11-14H,5-10,15H2,1-4H3,(H2,23,25). The van der Waals surface area contributed by atoms with E-state index in [9.17, 15) is 4.79 Å². The largest absolute Gasteiger partial charge is 0.497 e. The van der Waals surface area contributed by atoms with Gasteiger partial charge in [-0.1, -0.05) is 45.2 Å². The van der Waals surface area contributed by atoms with Crippen LogP contribution >= 0.6 is 0 Å². The summed E-state index contributed by atoms with van der Waals surface area (Å²) >= 11 is 0. The molecule has 0 aliphatic carbocycles. The molecule has 0 unspecified atom stereocenters. The van der Waals surface area contributed by atoms with Crippen molar-refractivity contribution in [3.8, 4) is 16.9 Å². The molecule has 0 radical (unpaired) electrons. The zero-order valence-electron chi connectivity index (χ0n) is 16.6. The van der Waals surface area contributed by atoms with Gasteiger partial charge in [0, 0.05) is 23.5 Å². The molecule has 4 heteroatoms. The van der Waals surface area contributed by atoms with Gasteiger partial charge in [0.05, 0.1) is 12.7 Å². The summed E-state index contributed by atoms with van der Waals surface area (Å²) in [6.07, 6.45) is 6.66. The first-order chi connectivity index (χ1) is 12.5. The topological polar surface area (TPSA) is 57.2 Å². The van der Waals surface area contributed by atoms with Gasteiger partial charge in [-0.25, -0.2) is 0 Å². The zero-order chi connectivity index (χ0) is 19.1. The van der Waals surface area contributed by atoms with E-state index in [1.807, 2.05) is 31.2 Å². The Kier molecular flexibility index (Phi) is 7.31. The number of rotatable bonds is 10. The van der Waals surface area contributed by atoms with Gasteiger partial charge in [-0.3, -0.25) is 4.79 Å². The molecule has 2 rings (SSSR count). The molecule has 0 aliphatic rings. The molecule has 1 amide bonds. The summed E-state index contributed by atoms with van der Waals surface area (Å²) in [6.45, 7) is 7.35. The molecule has 0 atom stereocenters. The number of carbonyl (C=O) groups is 1. The van der Waals surface area contributed by atoms with Crippen LogP contribution in [-0.2, 0) is 13.0 Å². The first-order valence-corrected chi connectivity index (χ1v) is 9.71. The summed E-state index contributed by atoms with van der Waals surface area (Å²) in [6, 6.07) is 7.92. The number of aromatic nitrogens is 1. The molecule has 1 aromatic carbocycles. The second-order valence-electron chi connectivity index (χ2n) is 6.84. The van der Waals surface area contributed by atoms with Gasteiger partial charge in [-0.15, -0.1) is 0 Å². The van der Waals surface area contributed by atoms with Crippen molar-refractivity contribution in [2.45, 2.75) is 65.8 Å². The van der Waals surface area contributed by atoms with Crippen LogP contribution in [0.3, 0.4) is 0 Å². The lowest BCUT2D eigenvalue weighted by Crippen LogP contribution is -2.13. The number of hydrogen-bond acceptors (Lipinski definition) is 2. The molecule has 142 valence electrons. The fourth-order valence-electron chi connectivity index (χ4n) is 3.59. The third kappa shape index (κ3) is 4.29. The molecule has 2 N–H and O–H groups in total. The fourth-order valence-corrected chi connectivity index (χ4v) is 3.59. The van der Waals surface area contributed by atoms with Crippen molar-refractivity contribution < 1.29 is 9.53 Å². The summed E-state index contributed by atoms with van der Waals surface area (Å²) in [5.41, 5.74) is 10.7. The maximum Gasteiger partial charge on any atom is 0.251 e. The quantitative estimate of drug-likeness (QED) is 0.602. The Labute approximate surface area is 157 Å². The van der Waals surface area contributed by atoms with Gasteiger partial charge < -0.3 is 15.0 Å².